The number of non-ortho nitro benzene ring substituents is 1. The van der Waals surface area contributed by atoms with Crippen LogP contribution in [0.5, 0.6) is 0 Å². The van der Waals surface area contributed by atoms with E-state index in [0.717, 1.165) is 5.56 Å². The van der Waals surface area contributed by atoms with Gasteiger partial charge in [0.05, 0.1) is 21.6 Å². The Labute approximate surface area is 189 Å². The van der Waals surface area contributed by atoms with Crippen LogP contribution >= 0.6 is 23.4 Å². The molecule has 0 spiro atoms. The lowest BCUT2D eigenvalue weighted by Gasteiger charge is -2.22. The molecule has 1 aromatic heterocycles. The fourth-order valence-corrected chi connectivity index (χ4v) is 4.07. The molecule has 31 heavy (non-hydrogen) atoms. The first kappa shape index (κ1) is 22.8. The molecule has 0 fully saturated rings. The van der Waals surface area contributed by atoms with Gasteiger partial charge in [-0.2, -0.15) is 0 Å². The number of carbonyl (C=O) groups is 1. The zero-order valence-corrected chi connectivity index (χ0v) is 18.9. The SMILES string of the molecule is CC(C)[C@H](NC(=O)c1ccccc1Cl)c1nnc(SCc2ccc([N+](=O)[O-])cc2)n1C. The highest BCUT2D eigenvalue weighted by Gasteiger charge is 2.25. The Kier molecular flexibility index (Phi) is 7.29. The van der Waals surface area contributed by atoms with Gasteiger partial charge < -0.3 is 9.88 Å². The van der Waals surface area contributed by atoms with E-state index >= 15 is 0 Å². The number of nitrogens with zero attached hydrogens (tertiary/aromatic N) is 4. The highest BCUT2D eigenvalue weighted by Crippen LogP contribution is 2.27. The normalized spacial score (nSPS) is 12.0. The zero-order chi connectivity index (χ0) is 22.5. The maximum Gasteiger partial charge on any atom is 0.269 e. The van der Waals surface area contributed by atoms with Crippen LogP contribution < -0.4 is 5.32 Å². The number of nitrogens with one attached hydrogen (secondary N) is 1. The quantitative estimate of drug-likeness (QED) is 0.295. The number of hydrogen-bond acceptors (Lipinski definition) is 6. The Hall–Kier alpha value is -2.91. The fraction of sp³-hybridized carbons (Fsp3) is 0.286. The number of amides is 1. The molecule has 1 atom stereocenters. The van der Waals surface area contributed by atoms with E-state index < -0.39 is 4.92 Å². The van der Waals surface area contributed by atoms with Crippen molar-refractivity contribution in [3.63, 3.8) is 0 Å². The van der Waals surface area contributed by atoms with E-state index in [1.165, 1.54) is 23.9 Å². The van der Waals surface area contributed by atoms with E-state index in [2.05, 4.69) is 15.5 Å². The van der Waals surface area contributed by atoms with Gasteiger partial charge in [0.25, 0.3) is 11.6 Å². The molecular weight excluding hydrogens is 438 g/mol. The Balaban J connectivity index is 1.73. The predicted octanol–water partition coefficient (Wildman–Crippen LogP) is 4.80. The van der Waals surface area contributed by atoms with Gasteiger partial charge in [-0.25, -0.2) is 0 Å². The minimum absolute atomic E-state index is 0.0590. The van der Waals surface area contributed by atoms with Crippen molar-refractivity contribution >= 4 is 35.0 Å². The predicted molar refractivity (Wildman–Crippen MR) is 120 cm³/mol. The molecule has 162 valence electrons. The van der Waals surface area contributed by atoms with Crippen molar-refractivity contribution in [3.05, 3.63) is 80.6 Å². The van der Waals surface area contributed by atoms with Gasteiger partial charge in [0.15, 0.2) is 11.0 Å². The van der Waals surface area contributed by atoms with Crippen molar-refractivity contribution in [2.24, 2.45) is 13.0 Å². The molecule has 3 aromatic rings. The van der Waals surface area contributed by atoms with Crippen LogP contribution in [0.1, 0.15) is 41.6 Å². The van der Waals surface area contributed by atoms with Crippen molar-refractivity contribution in [2.75, 3.05) is 0 Å². The van der Waals surface area contributed by atoms with Crippen LogP contribution in [0.15, 0.2) is 53.7 Å². The maximum absolute atomic E-state index is 12.8. The average Bonchev–Trinajstić information content (AvgIpc) is 3.10. The topological polar surface area (TPSA) is 103 Å². The summed E-state index contributed by atoms with van der Waals surface area (Å²) in [6.07, 6.45) is 0. The first-order valence-electron chi connectivity index (χ1n) is 9.58. The third-order valence-electron chi connectivity index (χ3n) is 4.73. The van der Waals surface area contributed by atoms with E-state index in [1.54, 1.807) is 36.4 Å². The van der Waals surface area contributed by atoms with Gasteiger partial charge in [-0.1, -0.05) is 61.5 Å². The van der Waals surface area contributed by atoms with Gasteiger partial charge in [-0.3, -0.25) is 14.9 Å². The number of carbonyl (C=O) groups excluding carboxylic acids is 1. The van der Waals surface area contributed by atoms with Crippen molar-refractivity contribution in [2.45, 2.75) is 30.8 Å². The monoisotopic (exact) mass is 459 g/mol. The number of benzene rings is 2. The minimum atomic E-state index is -0.422. The van der Waals surface area contributed by atoms with Crippen LogP contribution in [-0.4, -0.2) is 25.6 Å². The van der Waals surface area contributed by atoms with E-state index in [-0.39, 0.29) is 23.6 Å². The molecule has 0 aliphatic rings. The lowest BCUT2D eigenvalue weighted by atomic mass is 10.0. The highest BCUT2D eigenvalue weighted by atomic mass is 35.5. The van der Waals surface area contributed by atoms with Crippen molar-refractivity contribution in [3.8, 4) is 0 Å². The van der Waals surface area contributed by atoms with Crippen molar-refractivity contribution in [1.29, 1.82) is 0 Å². The minimum Gasteiger partial charge on any atom is -0.342 e. The second kappa shape index (κ2) is 9.93. The number of aromatic nitrogens is 3. The molecule has 1 heterocycles. The van der Waals surface area contributed by atoms with Crippen molar-refractivity contribution < 1.29 is 9.72 Å². The second-order valence-corrected chi connectivity index (χ2v) is 8.64. The summed E-state index contributed by atoms with van der Waals surface area (Å²) in [6.45, 7) is 3.99. The van der Waals surface area contributed by atoms with Crippen LogP contribution in [0, 0.1) is 16.0 Å². The lowest BCUT2D eigenvalue weighted by Crippen LogP contribution is -2.33. The van der Waals surface area contributed by atoms with Crippen LogP contribution in [0.2, 0.25) is 5.02 Å². The summed E-state index contributed by atoms with van der Waals surface area (Å²) in [7, 11) is 1.85. The number of halogens is 1. The molecule has 0 aliphatic heterocycles. The summed E-state index contributed by atoms with van der Waals surface area (Å²) >= 11 is 7.62. The van der Waals surface area contributed by atoms with Gasteiger partial charge in [0.2, 0.25) is 0 Å². The summed E-state index contributed by atoms with van der Waals surface area (Å²) in [5.41, 5.74) is 1.40. The molecule has 1 N–H and O–H groups in total. The Morgan fingerprint density at radius 3 is 2.48 bits per heavy atom. The van der Waals surface area contributed by atoms with Gasteiger partial charge in [0.1, 0.15) is 0 Å². The number of nitro benzene ring substituents is 1. The lowest BCUT2D eigenvalue weighted by molar-refractivity contribution is -0.384. The second-order valence-electron chi connectivity index (χ2n) is 7.29. The molecule has 0 saturated carbocycles. The first-order valence-corrected chi connectivity index (χ1v) is 10.9. The van der Waals surface area contributed by atoms with Crippen LogP contribution in [-0.2, 0) is 12.8 Å². The largest absolute Gasteiger partial charge is 0.342 e. The zero-order valence-electron chi connectivity index (χ0n) is 17.3. The molecule has 3 rings (SSSR count). The molecule has 0 radical (unpaired) electrons. The molecular formula is C21H22ClN5O3S. The van der Waals surface area contributed by atoms with Gasteiger partial charge in [0, 0.05) is 24.9 Å². The molecule has 0 bridgehead atoms. The number of nitro groups is 1. The number of hydrogen-bond donors (Lipinski definition) is 1. The summed E-state index contributed by atoms with van der Waals surface area (Å²) in [5, 5.41) is 23.5. The Morgan fingerprint density at radius 1 is 1.19 bits per heavy atom. The fourth-order valence-electron chi connectivity index (χ4n) is 2.98. The average molecular weight is 460 g/mol. The van der Waals surface area contributed by atoms with Crippen LogP contribution in [0.4, 0.5) is 5.69 Å². The van der Waals surface area contributed by atoms with E-state index in [1.807, 2.05) is 25.5 Å². The van der Waals surface area contributed by atoms with Gasteiger partial charge >= 0.3 is 0 Å². The van der Waals surface area contributed by atoms with Gasteiger partial charge in [-0.05, 0) is 23.6 Å². The molecule has 10 heteroatoms. The van der Waals surface area contributed by atoms with E-state index in [4.69, 9.17) is 11.6 Å². The summed E-state index contributed by atoms with van der Waals surface area (Å²) in [6, 6.07) is 13.0. The molecule has 0 saturated heterocycles. The molecule has 2 aromatic carbocycles. The van der Waals surface area contributed by atoms with Crippen LogP contribution in [0.3, 0.4) is 0 Å². The molecule has 0 unspecified atom stereocenters. The summed E-state index contributed by atoms with van der Waals surface area (Å²) in [4.78, 5) is 23.1. The van der Waals surface area contributed by atoms with Gasteiger partial charge in [-0.15, -0.1) is 10.2 Å². The third kappa shape index (κ3) is 5.42. The molecule has 8 nitrogen and oxygen atoms in total. The van der Waals surface area contributed by atoms with Crippen LogP contribution in [0.25, 0.3) is 0 Å². The van der Waals surface area contributed by atoms with E-state index in [0.29, 0.717) is 27.3 Å². The van der Waals surface area contributed by atoms with Crippen molar-refractivity contribution in [1.82, 2.24) is 20.1 Å². The molecule has 0 aliphatic carbocycles. The summed E-state index contributed by atoms with van der Waals surface area (Å²) in [5.74, 6) is 1.03. The third-order valence-corrected chi connectivity index (χ3v) is 6.15. The number of thioether (sulfide) groups is 1. The standard InChI is InChI=1S/C21H22ClN5O3S/c1-13(2)18(23-20(28)16-6-4-5-7-17(16)22)19-24-25-21(26(19)3)31-12-14-8-10-15(11-9-14)27(29)30/h4-11,13,18H,12H2,1-3H3,(H,23,28)/t18-/m0/s1. The maximum atomic E-state index is 12.8. The highest BCUT2D eigenvalue weighted by molar-refractivity contribution is 7.98. The smallest absolute Gasteiger partial charge is 0.269 e. The first-order chi connectivity index (χ1) is 14.8. The molecule has 1 amide bonds. The Bertz CT molecular complexity index is 1080. The van der Waals surface area contributed by atoms with E-state index in [9.17, 15) is 14.9 Å². The Morgan fingerprint density at radius 2 is 1.87 bits per heavy atom. The number of rotatable bonds is 8. The summed E-state index contributed by atoms with van der Waals surface area (Å²) < 4.78 is 1.85.